The van der Waals surface area contributed by atoms with Crippen molar-refractivity contribution in [3.8, 4) is 11.4 Å². The number of nitrogens with one attached hydrogen (secondary N) is 1. The van der Waals surface area contributed by atoms with Gasteiger partial charge in [-0.3, -0.25) is 0 Å². The fraction of sp³-hybridized carbons (Fsp3) is 0.0714. The molecular formula is C14H11Cl2N3. The highest BCUT2D eigenvalue weighted by Crippen LogP contribution is 2.30. The molecule has 1 heterocycles. The van der Waals surface area contributed by atoms with Crippen LogP contribution in [0.4, 0.5) is 0 Å². The maximum Gasteiger partial charge on any atom is 0.140 e. The summed E-state index contributed by atoms with van der Waals surface area (Å²) in [5.41, 5.74) is 9.31. The number of nitrogens with two attached hydrogens (primary N) is 1. The number of H-pyrrole nitrogens is 1. The molecule has 0 aliphatic heterocycles. The first-order valence-corrected chi connectivity index (χ1v) is 6.57. The Morgan fingerprint density at radius 1 is 1.16 bits per heavy atom. The molecule has 0 unspecified atom stereocenters. The topological polar surface area (TPSA) is 54.7 Å². The molecule has 0 saturated carbocycles. The van der Waals surface area contributed by atoms with Crippen LogP contribution < -0.4 is 5.73 Å². The molecule has 0 amide bonds. The van der Waals surface area contributed by atoms with Crippen LogP contribution in [0.25, 0.3) is 22.4 Å². The minimum Gasteiger partial charge on any atom is -0.338 e. The van der Waals surface area contributed by atoms with Gasteiger partial charge in [0.1, 0.15) is 5.82 Å². The number of para-hydroxylation sites is 1. The summed E-state index contributed by atoms with van der Waals surface area (Å²) in [6, 6.07) is 11.2. The number of benzene rings is 2. The molecule has 0 bridgehead atoms. The summed E-state index contributed by atoms with van der Waals surface area (Å²) >= 11 is 12.2. The molecule has 3 nitrogen and oxygen atoms in total. The number of rotatable bonds is 2. The van der Waals surface area contributed by atoms with Crippen LogP contribution in [-0.2, 0) is 6.54 Å². The smallest absolute Gasteiger partial charge is 0.140 e. The Hall–Kier alpha value is -1.55. The van der Waals surface area contributed by atoms with Gasteiger partial charge in [0.25, 0.3) is 0 Å². The average molecular weight is 292 g/mol. The summed E-state index contributed by atoms with van der Waals surface area (Å²) in [6.45, 7) is 0.449. The van der Waals surface area contributed by atoms with Gasteiger partial charge in [-0.25, -0.2) is 4.98 Å². The molecule has 2 aromatic carbocycles. The fourth-order valence-electron chi connectivity index (χ4n) is 2.06. The Bertz CT molecular complexity index is 750. The number of aromatic amines is 1. The van der Waals surface area contributed by atoms with E-state index in [1.54, 1.807) is 18.2 Å². The third-order valence-electron chi connectivity index (χ3n) is 3.00. The molecule has 0 atom stereocenters. The van der Waals surface area contributed by atoms with Gasteiger partial charge in [-0.1, -0.05) is 35.3 Å². The van der Waals surface area contributed by atoms with Gasteiger partial charge >= 0.3 is 0 Å². The van der Waals surface area contributed by atoms with Crippen LogP contribution in [0.15, 0.2) is 36.4 Å². The second-order valence-electron chi connectivity index (χ2n) is 4.23. The van der Waals surface area contributed by atoms with E-state index in [4.69, 9.17) is 28.9 Å². The third-order valence-corrected chi connectivity index (χ3v) is 3.56. The molecular weight excluding hydrogens is 281 g/mol. The van der Waals surface area contributed by atoms with Crippen molar-refractivity contribution >= 4 is 34.2 Å². The van der Waals surface area contributed by atoms with Gasteiger partial charge in [0.15, 0.2) is 0 Å². The van der Waals surface area contributed by atoms with Crippen molar-refractivity contribution in [3.63, 3.8) is 0 Å². The average Bonchev–Trinajstić information content (AvgIpc) is 2.85. The first kappa shape index (κ1) is 12.5. The second kappa shape index (κ2) is 4.85. The van der Waals surface area contributed by atoms with Gasteiger partial charge in [0, 0.05) is 17.1 Å². The first-order chi connectivity index (χ1) is 9.19. The maximum atomic E-state index is 6.19. The largest absolute Gasteiger partial charge is 0.338 e. The Kier molecular flexibility index (Phi) is 3.19. The van der Waals surface area contributed by atoms with Crippen molar-refractivity contribution in [2.75, 3.05) is 0 Å². The van der Waals surface area contributed by atoms with Crippen molar-refractivity contribution in [2.24, 2.45) is 5.73 Å². The fourth-order valence-corrected chi connectivity index (χ4v) is 2.44. The van der Waals surface area contributed by atoms with Crippen LogP contribution in [0.5, 0.6) is 0 Å². The molecule has 3 N–H and O–H groups in total. The molecule has 3 aromatic rings. The Morgan fingerprint density at radius 3 is 2.79 bits per heavy atom. The molecule has 19 heavy (non-hydrogen) atoms. The molecule has 0 saturated heterocycles. The van der Waals surface area contributed by atoms with Crippen molar-refractivity contribution in [2.45, 2.75) is 6.54 Å². The van der Waals surface area contributed by atoms with Gasteiger partial charge in [-0.2, -0.15) is 0 Å². The van der Waals surface area contributed by atoms with E-state index in [1.807, 2.05) is 18.2 Å². The summed E-state index contributed by atoms with van der Waals surface area (Å²) in [6.07, 6.45) is 0. The van der Waals surface area contributed by atoms with E-state index in [9.17, 15) is 0 Å². The van der Waals surface area contributed by atoms with Crippen LogP contribution in [0.3, 0.4) is 0 Å². The quantitative estimate of drug-likeness (QED) is 0.750. The monoisotopic (exact) mass is 291 g/mol. The van der Waals surface area contributed by atoms with Crippen LogP contribution >= 0.6 is 23.2 Å². The van der Waals surface area contributed by atoms with Crippen LogP contribution in [0.1, 0.15) is 5.56 Å². The number of hydrogen-bond donors (Lipinski definition) is 2. The molecule has 96 valence electrons. The van der Waals surface area contributed by atoms with Crippen molar-refractivity contribution < 1.29 is 0 Å². The maximum absolute atomic E-state index is 6.19. The number of fused-ring (bicyclic) bond motifs is 1. The van der Waals surface area contributed by atoms with E-state index in [-0.39, 0.29) is 0 Å². The van der Waals surface area contributed by atoms with Gasteiger partial charge in [-0.05, 0) is 29.8 Å². The SMILES string of the molecule is NCc1cccc2[nH]c(-c3cc(Cl)ccc3Cl)nc12. The van der Waals surface area contributed by atoms with Crippen LogP contribution in [0, 0.1) is 0 Å². The Morgan fingerprint density at radius 2 is 2.00 bits per heavy atom. The minimum atomic E-state index is 0.449. The van der Waals surface area contributed by atoms with E-state index in [1.165, 1.54) is 0 Å². The highest BCUT2D eigenvalue weighted by molar-refractivity contribution is 6.35. The number of halogens is 2. The van der Waals surface area contributed by atoms with Gasteiger partial charge < -0.3 is 10.7 Å². The molecule has 0 radical (unpaired) electrons. The summed E-state index contributed by atoms with van der Waals surface area (Å²) in [5.74, 6) is 0.698. The van der Waals surface area contributed by atoms with Crippen LogP contribution in [-0.4, -0.2) is 9.97 Å². The summed E-state index contributed by atoms with van der Waals surface area (Å²) in [7, 11) is 0. The molecule has 3 rings (SSSR count). The lowest BCUT2D eigenvalue weighted by Gasteiger charge is -2.00. The summed E-state index contributed by atoms with van der Waals surface area (Å²) in [5, 5.41) is 1.23. The lowest BCUT2D eigenvalue weighted by atomic mass is 10.2. The number of imidazole rings is 1. The minimum absolute atomic E-state index is 0.449. The van der Waals surface area contributed by atoms with E-state index in [2.05, 4.69) is 9.97 Å². The van der Waals surface area contributed by atoms with E-state index in [0.717, 1.165) is 22.2 Å². The molecule has 0 aliphatic carbocycles. The molecule has 0 aliphatic rings. The second-order valence-corrected chi connectivity index (χ2v) is 5.07. The van der Waals surface area contributed by atoms with E-state index in [0.29, 0.717) is 22.4 Å². The molecule has 5 heteroatoms. The zero-order chi connectivity index (χ0) is 13.4. The summed E-state index contributed by atoms with van der Waals surface area (Å²) in [4.78, 5) is 7.82. The third kappa shape index (κ3) is 2.21. The van der Waals surface area contributed by atoms with Gasteiger partial charge in [0.05, 0.1) is 16.1 Å². The number of nitrogens with zero attached hydrogens (tertiary/aromatic N) is 1. The number of hydrogen-bond acceptors (Lipinski definition) is 2. The Labute approximate surface area is 120 Å². The van der Waals surface area contributed by atoms with Crippen molar-refractivity contribution in [1.29, 1.82) is 0 Å². The predicted octanol–water partition coefficient (Wildman–Crippen LogP) is 4.00. The first-order valence-electron chi connectivity index (χ1n) is 5.82. The van der Waals surface area contributed by atoms with E-state index >= 15 is 0 Å². The molecule has 1 aromatic heterocycles. The molecule has 0 fully saturated rings. The summed E-state index contributed by atoms with van der Waals surface area (Å²) < 4.78 is 0. The van der Waals surface area contributed by atoms with Crippen LogP contribution in [0.2, 0.25) is 10.0 Å². The van der Waals surface area contributed by atoms with Crippen molar-refractivity contribution in [3.05, 3.63) is 52.0 Å². The van der Waals surface area contributed by atoms with E-state index < -0.39 is 0 Å². The number of aromatic nitrogens is 2. The predicted molar refractivity (Wildman–Crippen MR) is 79.4 cm³/mol. The lowest BCUT2D eigenvalue weighted by Crippen LogP contribution is -1.96. The molecule has 0 spiro atoms. The Balaban J connectivity index is 2.23. The normalized spacial score (nSPS) is 11.1. The van der Waals surface area contributed by atoms with Gasteiger partial charge in [0.2, 0.25) is 0 Å². The standard InChI is InChI=1S/C14H11Cl2N3/c15-9-4-5-11(16)10(6-9)14-18-12-3-1-2-8(7-17)13(12)19-14/h1-6H,7,17H2,(H,18,19). The highest BCUT2D eigenvalue weighted by Gasteiger charge is 2.11. The lowest BCUT2D eigenvalue weighted by molar-refractivity contribution is 1.08. The zero-order valence-electron chi connectivity index (χ0n) is 9.95. The zero-order valence-corrected chi connectivity index (χ0v) is 11.5. The van der Waals surface area contributed by atoms with Gasteiger partial charge in [-0.15, -0.1) is 0 Å². The van der Waals surface area contributed by atoms with Crippen molar-refractivity contribution in [1.82, 2.24) is 9.97 Å². The highest BCUT2D eigenvalue weighted by atomic mass is 35.5.